The highest BCUT2D eigenvalue weighted by molar-refractivity contribution is 7.16. The van der Waals surface area contributed by atoms with E-state index in [0.29, 0.717) is 15.6 Å². The summed E-state index contributed by atoms with van der Waals surface area (Å²) in [5, 5.41) is 14.8. The monoisotopic (exact) mass is 384 g/mol. The van der Waals surface area contributed by atoms with Gasteiger partial charge in [-0.05, 0) is 39.2 Å². The van der Waals surface area contributed by atoms with Crippen molar-refractivity contribution in [2.75, 3.05) is 11.9 Å². The molecule has 1 aromatic rings. The van der Waals surface area contributed by atoms with Crippen LogP contribution in [0.4, 0.5) is 5.00 Å². The number of carboxylic acids is 1. The minimum atomic E-state index is -1.29. The van der Waals surface area contributed by atoms with Crippen LogP contribution in [0.25, 0.3) is 0 Å². The van der Waals surface area contributed by atoms with Crippen LogP contribution in [-0.4, -0.2) is 24.5 Å². The van der Waals surface area contributed by atoms with E-state index >= 15 is 0 Å². The van der Waals surface area contributed by atoms with Crippen molar-refractivity contribution in [2.24, 2.45) is 11.8 Å². The summed E-state index contributed by atoms with van der Waals surface area (Å²) in [5.74, 6) is -4.09. The van der Waals surface area contributed by atoms with Crippen molar-refractivity contribution >= 4 is 45.8 Å². The van der Waals surface area contributed by atoms with Crippen LogP contribution in [0.15, 0.2) is 11.1 Å². The van der Waals surface area contributed by atoms with E-state index in [4.69, 9.17) is 16.3 Å². The Morgan fingerprint density at radius 3 is 2.64 bits per heavy atom. The number of carbonyl (C=O) groups excluding carboxylic acids is 3. The summed E-state index contributed by atoms with van der Waals surface area (Å²) in [7, 11) is 0. The standard InChI is InChI=1S/C17H20ClNO5S/c1-4-24-17(23)13-8(2)9(3)25-15(13)19-14(20)12-7-10(18)5-6-11(12)16(21)22/h5,11-12H,4,6-7H2,1-3H3,(H,19,20)(H,21,22)/p-1/t11-,12-/m0/s1. The molecule has 1 amide bonds. The van der Waals surface area contributed by atoms with Gasteiger partial charge in [-0.25, -0.2) is 4.79 Å². The lowest BCUT2D eigenvalue weighted by molar-refractivity contribution is -0.313. The maximum absolute atomic E-state index is 12.6. The van der Waals surface area contributed by atoms with Crippen molar-refractivity contribution < 1.29 is 24.2 Å². The van der Waals surface area contributed by atoms with Gasteiger partial charge in [0, 0.05) is 21.8 Å². The van der Waals surface area contributed by atoms with Crippen LogP contribution >= 0.6 is 22.9 Å². The molecule has 2 rings (SSSR count). The van der Waals surface area contributed by atoms with E-state index < -0.39 is 29.7 Å². The summed E-state index contributed by atoms with van der Waals surface area (Å²) >= 11 is 7.23. The van der Waals surface area contributed by atoms with Crippen LogP contribution in [-0.2, 0) is 14.3 Å². The minimum Gasteiger partial charge on any atom is -0.550 e. The van der Waals surface area contributed by atoms with Crippen molar-refractivity contribution in [3.63, 3.8) is 0 Å². The zero-order valence-electron chi connectivity index (χ0n) is 14.2. The number of halogens is 1. The summed E-state index contributed by atoms with van der Waals surface area (Å²) in [5.41, 5.74) is 1.04. The van der Waals surface area contributed by atoms with Gasteiger partial charge < -0.3 is 20.0 Å². The van der Waals surface area contributed by atoms with Gasteiger partial charge in [0.25, 0.3) is 0 Å². The number of ether oxygens (including phenoxy) is 1. The molecule has 0 fully saturated rings. The predicted octanol–water partition coefficient (Wildman–Crippen LogP) is 2.38. The number of hydrogen-bond donors (Lipinski definition) is 1. The van der Waals surface area contributed by atoms with Gasteiger partial charge in [-0.2, -0.15) is 0 Å². The lowest BCUT2D eigenvalue weighted by Crippen LogP contribution is -2.42. The Morgan fingerprint density at radius 2 is 2.04 bits per heavy atom. The van der Waals surface area contributed by atoms with Crippen LogP contribution < -0.4 is 10.4 Å². The molecule has 1 aromatic heterocycles. The van der Waals surface area contributed by atoms with Gasteiger partial charge in [-0.1, -0.05) is 17.7 Å². The first-order valence-electron chi connectivity index (χ1n) is 7.89. The number of aliphatic carboxylic acids is 1. The van der Waals surface area contributed by atoms with E-state index in [1.165, 1.54) is 11.3 Å². The van der Waals surface area contributed by atoms with Crippen molar-refractivity contribution in [3.05, 3.63) is 27.1 Å². The van der Waals surface area contributed by atoms with Crippen molar-refractivity contribution in [1.82, 2.24) is 0 Å². The first kappa shape index (κ1) is 19.5. The first-order valence-corrected chi connectivity index (χ1v) is 9.09. The molecule has 2 atom stereocenters. The van der Waals surface area contributed by atoms with Crippen molar-refractivity contribution in [1.29, 1.82) is 0 Å². The Bertz CT molecular complexity index is 740. The zero-order valence-corrected chi connectivity index (χ0v) is 15.8. The second-order valence-corrected chi connectivity index (χ2v) is 7.53. The zero-order chi connectivity index (χ0) is 18.7. The average Bonchev–Trinajstić information content (AvgIpc) is 2.81. The molecule has 0 bridgehead atoms. The number of esters is 1. The quantitative estimate of drug-likeness (QED) is 0.786. The largest absolute Gasteiger partial charge is 0.550 e. The molecule has 0 aromatic carbocycles. The van der Waals surface area contributed by atoms with Crippen LogP contribution in [0.2, 0.25) is 0 Å². The predicted molar refractivity (Wildman–Crippen MR) is 93.5 cm³/mol. The van der Waals surface area contributed by atoms with Crippen LogP contribution in [0.5, 0.6) is 0 Å². The van der Waals surface area contributed by atoms with Crippen molar-refractivity contribution in [3.8, 4) is 0 Å². The fraction of sp³-hybridized carbons (Fsp3) is 0.471. The Kier molecular flexibility index (Phi) is 6.24. The number of amides is 1. The second kappa shape index (κ2) is 8.01. The van der Waals surface area contributed by atoms with E-state index in [9.17, 15) is 19.5 Å². The summed E-state index contributed by atoms with van der Waals surface area (Å²) in [6.45, 7) is 5.53. The molecule has 0 saturated heterocycles. The molecule has 8 heteroatoms. The summed E-state index contributed by atoms with van der Waals surface area (Å²) in [6.07, 6.45) is 1.87. The third-order valence-corrected chi connectivity index (χ3v) is 5.67. The number of hydrogen-bond acceptors (Lipinski definition) is 6. The summed E-state index contributed by atoms with van der Waals surface area (Å²) < 4.78 is 5.05. The Morgan fingerprint density at radius 1 is 1.36 bits per heavy atom. The Balaban J connectivity index is 2.28. The van der Waals surface area contributed by atoms with E-state index in [1.807, 2.05) is 6.92 Å². The van der Waals surface area contributed by atoms with E-state index in [0.717, 1.165) is 10.4 Å². The smallest absolute Gasteiger partial charge is 0.341 e. The number of thiophene rings is 1. The molecular formula is C17H19ClNO5S-. The molecule has 1 aliphatic carbocycles. The lowest BCUT2D eigenvalue weighted by atomic mass is 9.82. The highest BCUT2D eigenvalue weighted by Crippen LogP contribution is 2.36. The molecule has 25 heavy (non-hydrogen) atoms. The number of aryl methyl sites for hydroxylation is 1. The minimum absolute atomic E-state index is 0.129. The fourth-order valence-corrected chi connectivity index (χ4v) is 4.07. The second-order valence-electron chi connectivity index (χ2n) is 5.82. The fourth-order valence-electron chi connectivity index (χ4n) is 2.76. The number of allylic oxidation sites excluding steroid dienone is 2. The number of carboxylic acid groups (broad SMARTS) is 1. The highest BCUT2D eigenvalue weighted by Gasteiger charge is 2.33. The average molecular weight is 385 g/mol. The molecule has 6 nitrogen and oxygen atoms in total. The third-order valence-electron chi connectivity index (χ3n) is 4.24. The molecule has 0 unspecified atom stereocenters. The van der Waals surface area contributed by atoms with Gasteiger partial charge in [0.2, 0.25) is 5.91 Å². The SMILES string of the molecule is CCOC(=O)c1c(NC(=O)[C@H]2CC(Cl)=CC[C@@H]2C(=O)[O-])sc(C)c1C. The molecule has 1 heterocycles. The van der Waals surface area contributed by atoms with Gasteiger partial charge in [-0.15, -0.1) is 11.3 Å². The van der Waals surface area contributed by atoms with Crippen LogP contribution in [0.1, 0.15) is 40.6 Å². The third kappa shape index (κ3) is 4.22. The van der Waals surface area contributed by atoms with Crippen molar-refractivity contribution in [2.45, 2.75) is 33.6 Å². The number of nitrogens with one attached hydrogen (secondary N) is 1. The van der Waals surface area contributed by atoms with Gasteiger partial charge in [0.05, 0.1) is 18.1 Å². The molecule has 136 valence electrons. The molecule has 1 N–H and O–H groups in total. The maximum atomic E-state index is 12.6. The van der Waals surface area contributed by atoms with Crippen LogP contribution in [0, 0.1) is 25.7 Å². The molecular weight excluding hydrogens is 366 g/mol. The number of rotatable bonds is 5. The van der Waals surface area contributed by atoms with Gasteiger partial charge in [0.1, 0.15) is 5.00 Å². The van der Waals surface area contributed by atoms with Gasteiger partial charge in [0.15, 0.2) is 0 Å². The Labute approximate surface area is 154 Å². The number of anilines is 1. The topological polar surface area (TPSA) is 95.5 Å². The molecule has 0 aliphatic heterocycles. The number of carbonyl (C=O) groups is 3. The summed E-state index contributed by atoms with van der Waals surface area (Å²) in [6, 6.07) is 0. The molecule has 0 spiro atoms. The molecule has 1 aliphatic rings. The van der Waals surface area contributed by atoms with Gasteiger partial charge >= 0.3 is 5.97 Å². The van der Waals surface area contributed by atoms with E-state index in [1.54, 1.807) is 19.9 Å². The maximum Gasteiger partial charge on any atom is 0.341 e. The van der Waals surface area contributed by atoms with E-state index in [-0.39, 0.29) is 19.4 Å². The first-order chi connectivity index (χ1) is 11.8. The van der Waals surface area contributed by atoms with Crippen LogP contribution in [0.3, 0.4) is 0 Å². The summed E-state index contributed by atoms with van der Waals surface area (Å²) in [4.78, 5) is 37.0. The molecule has 0 saturated carbocycles. The van der Waals surface area contributed by atoms with E-state index in [2.05, 4.69) is 5.32 Å². The van der Waals surface area contributed by atoms with Gasteiger partial charge in [-0.3, -0.25) is 4.79 Å². The normalized spacial score (nSPS) is 19.9. The lowest BCUT2D eigenvalue weighted by Gasteiger charge is -2.29. The highest BCUT2D eigenvalue weighted by atomic mass is 35.5. The molecule has 0 radical (unpaired) electrons. The Hall–Kier alpha value is -1.86.